The minimum absolute atomic E-state index is 0.0174. The van der Waals surface area contributed by atoms with Crippen LogP contribution in [0.25, 0.3) is 0 Å². The van der Waals surface area contributed by atoms with Crippen LogP contribution in [0.5, 0.6) is 0 Å². The summed E-state index contributed by atoms with van der Waals surface area (Å²) in [5.74, 6) is 5.66. The second kappa shape index (κ2) is 15.0. The van der Waals surface area contributed by atoms with Crippen molar-refractivity contribution < 1.29 is 9.84 Å². The van der Waals surface area contributed by atoms with Gasteiger partial charge in [-0.2, -0.15) is 34.9 Å². The fourth-order valence-corrected chi connectivity index (χ4v) is 5.16. The van der Waals surface area contributed by atoms with Crippen LogP contribution in [0.15, 0.2) is 0 Å². The number of hydrogen-bond acceptors (Lipinski definition) is 16. The number of aliphatic hydroxyl groups is 1. The lowest BCUT2D eigenvalue weighted by Crippen LogP contribution is -2.49. The minimum atomic E-state index is -0.0174. The van der Waals surface area contributed by atoms with Crippen LogP contribution >= 0.6 is 11.6 Å². The van der Waals surface area contributed by atoms with Gasteiger partial charge in [-0.3, -0.25) is 0 Å². The molecule has 0 bridgehead atoms. The number of piperazine rings is 2. The number of aliphatic hydroxyl groups excluding tert-OH is 1. The Labute approximate surface area is 268 Å². The molecule has 2 fully saturated rings. The first kappa shape index (κ1) is 32.6. The van der Waals surface area contributed by atoms with Crippen molar-refractivity contribution in [3.8, 4) is 0 Å². The third-order valence-electron chi connectivity index (χ3n) is 7.47. The van der Waals surface area contributed by atoms with Gasteiger partial charge in [-0.1, -0.05) is 27.7 Å². The van der Waals surface area contributed by atoms with Gasteiger partial charge in [0, 0.05) is 70.7 Å². The molecule has 244 valence electrons. The van der Waals surface area contributed by atoms with E-state index in [4.69, 9.17) is 46.4 Å². The predicted octanol–water partition coefficient (Wildman–Crippen LogP) is 1.52. The quantitative estimate of drug-likeness (QED) is 0.272. The lowest BCUT2D eigenvalue weighted by molar-refractivity contribution is 0.0991. The normalized spacial score (nSPS) is 15.8. The molecule has 0 unspecified atom stereocenters. The predicted molar refractivity (Wildman–Crippen MR) is 173 cm³/mol. The third-order valence-corrected chi connectivity index (χ3v) is 7.64. The molecule has 2 aliphatic rings. The Kier molecular flexibility index (Phi) is 10.9. The average Bonchev–Trinajstić information content (AvgIpc) is 3.04. The zero-order valence-electron chi connectivity index (χ0n) is 26.7. The van der Waals surface area contributed by atoms with Crippen molar-refractivity contribution in [3.05, 3.63) is 22.8 Å². The van der Waals surface area contributed by atoms with Gasteiger partial charge in [0.05, 0.1) is 19.8 Å². The van der Waals surface area contributed by atoms with E-state index in [9.17, 15) is 0 Å². The largest absolute Gasteiger partial charge is 0.394 e. The summed E-state index contributed by atoms with van der Waals surface area (Å²) in [5, 5.41) is 12.5. The molecule has 0 atom stereocenters. The molecular formula is C28H43ClN14O2. The first-order valence-electron chi connectivity index (χ1n) is 15.5. The van der Waals surface area contributed by atoms with E-state index in [-0.39, 0.29) is 30.3 Å². The van der Waals surface area contributed by atoms with Crippen LogP contribution < -0.4 is 24.9 Å². The smallest absolute Gasteiger partial charge is 0.232 e. The summed E-state index contributed by atoms with van der Waals surface area (Å²) in [7, 11) is 0. The maximum absolute atomic E-state index is 9.00. The maximum Gasteiger partial charge on any atom is 0.232 e. The van der Waals surface area contributed by atoms with Gasteiger partial charge in [-0.25, -0.2) is 9.97 Å². The Bertz CT molecular complexity index is 1370. The van der Waals surface area contributed by atoms with Gasteiger partial charge >= 0.3 is 0 Å². The molecule has 45 heavy (non-hydrogen) atoms. The Morgan fingerprint density at radius 3 is 1.56 bits per heavy atom. The first-order chi connectivity index (χ1) is 21.7. The molecule has 5 rings (SSSR count). The Hall–Kier alpha value is -3.76. The highest BCUT2D eigenvalue weighted by Crippen LogP contribution is 2.23. The second-order valence-electron chi connectivity index (χ2n) is 11.6. The number of rotatable bonds is 12. The van der Waals surface area contributed by atoms with E-state index >= 15 is 0 Å². The number of nitrogens with one attached hydrogen (secondary N) is 1. The van der Waals surface area contributed by atoms with Crippen molar-refractivity contribution >= 4 is 41.3 Å². The fourth-order valence-electron chi connectivity index (χ4n) is 4.96. The van der Waals surface area contributed by atoms with E-state index in [1.165, 1.54) is 0 Å². The van der Waals surface area contributed by atoms with Gasteiger partial charge in [0.25, 0.3) is 0 Å². The molecule has 0 saturated carbocycles. The molecule has 2 aliphatic heterocycles. The lowest BCUT2D eigenvalue weighted by Gasteiger charge is -2.36. The molecule has 0 aromatic carbocycles. The van der Waals surface area contributed by atoms with E-state index in [1.807, 2.05) is 0 Å². The van der Waals surface area contributed by atoms with E-state index in [2.05, 4.69) is 72.5 Å². The van der Waals surface area contributed by atoms with Crippen LogP contribution in [0.1, 0.15) is 57.0 Å². The molecule has 0 amide bonds. The van der Waals surface area contributed by atoms with Gasteiger partial charge in [0.2, 0.25) is 35.0 Å². The number of aromatic nitrogens is 9. The Morgan fingerprint density at radius 1 is 0.644 bits per heavy atom. The molecule has 0 aliphatic carbocycles. The van der Waals surface area contributed by atoms with Crippen LogP contribution in [-0.2, 0) is 4.74 Å². The number of aryl methyl sites for hydroxylation is 1. The van der Waals surface area contributed by atoms with Crippen molar-refractivity contribution in [2.45, 2.75) is 46.5 Å². The SMILES string of the molecule is Cc1nc(Cl)nc(N2CCN(c3nc(NCCOCCO)nc(N4CCN(c5nc(C(C)C)nc(C(C)C)n5)CC4)n3)CC2)n1. The van der Waals surface area contributed by atoms with Gasteiger partial charge < -0.3 is 34.8 Å². The zero-order valence-corrected chi connectivity index (χ0v) is 27.4. The van der Waals surface area contributed by atoms with E-state index in [0.29, 0.717) is 82.0 Å². The Morgan fingerprint density at radius 2 is 1.11 bits per heavy atom. The number of halogens is 1. The topological polar surface area (TPSA) is 170 Å². The second-order valence-corrected chi connectivity index (χ2v) is 11.9. The molecule has 3 aromatic heterocycles. The van der Waals surface area contributed by atoms with Gasteiger partial charge in [-0.15, -0.1) is 0 Å². The number of anilines is 5. The molecule has 16 nitrogen and oxygen atoms in total. The molecule has 2 saturated heterocycles. The summed E-state index contributed by atoms with van der Waals surface area (Å²) in [6.07, 6.45) is 0. The number of nitrogens with zero attached hydrogens (tertiary/aromatic N) is 13. The van der Waals surface area contributed by atoms with Crippen LogP contribution in [0.4, 0.5) is 29.7 Å². The van der Waals surface area contributed by atoms with Crippen molar-refractivity contribution in [1.82, 2.24) is 44.9 Å². The van der Waals surface area contributed by atoms with Gasteiger partial charge in [-0.05, 0) is 18.5 Å². The highest BCUT2D eigenvalue weighted by molar-refractivity contribution is 6.28. The average molecular weight is 643 g/mol. The van der Waals surface area contributed by atoms with Crippen LogP contribution in [0.2, 0.25) is 5.28 Å². The molecule has 17 heteroatoms. The number of hydrogen-bond donors (Lipinski definition) is 2. The Balaban J connectivity index is 1.30. The lowest BCUT2D eigenvalue weighted by atomic mass is 10.2. The van der Waals surface area contributed by atoms with E-state index in [0.717, 1.165) is 30.7 Å². The summed E-state index contributed by atoms with van der Waals surface area (Å²) in [6.45, 7) is 17.0. The monoisotopic (exact) mass is 642 g/mol. The molecule has 2 N–H and O–H groups in total. The summed E-state index contributed by atoms with van der Waals surface area (Å²) in [5.41, 5.74) is 0. The first-order valence-corrected chi connectivity index (χ1v) is 15.9. The fraction of sp³-hybridized carbons (Fsp3) is 0.679. The van der Waals surface area contributed by atoms with Gasteiger partial charge in [0.1, 0.15) is 17.5 Å². The van der Waals surface area contributed by atoms with Crippen molar-refractivity contribution in [1.29, 1.82) is 0 Å². The minimum Gasteiger partial charge on any atom is -0.394 e. The van der Waals surface area contributed by atoms with E-state index < -0.39 is 0 Å². The van der Waals surface area contributed by atoms with E-state index in [1.54, 1.807) is 6.92 Å². The highest BCUT2D eigenvalue weighted by Gasteiger charge is 2.27. The van der Waals surface area contributed by atoms with Crippen molar-refractivity contribution in [3.63, 3.8) is 0 Å². The standard InChI is InChI=1S/C28H43ClN14O2/c1-18(2)21-33-22(19(3)4)35-26(34-21)41-9-13-43(14-10-41)28-38-24(30-6-16-45-17-15-44)37-27(39-28)42-11-7-40(8-12-42)25-32-20(5)31-23(29)36-25/h18-19,44H,6-17H2,1-5H3,(H,30,37,38,39). The summed E-state index contributed by atoms with van der Waals surface area (Å²) < 4.78 is 5.41. The third kappa shape index (κ3) is 8.49. The van der Waals surface area contributed by atoms with Crippen LogP contribution in [0.3, 0.4) is 0 Å². The molecule has 3 aromatic rings. The highest BCUT2D eigenvalue weighted by atomic mass is 35.5. The molecule has 0 radical (unpaired) electrons. The van der Waals surface area contributed by atoms with Crippen molar-refractivity contribution in [2.24, 2.45) is 0 Å². The molecule has 5 heterocycles. The van der Waals surface area contributed by atoms with Crippen molar-refractivity contribution in [2.75, 3.05) is 104 Å². The summed E-state index contributed by atoms with van der Waals surface area (Å²) in [6, 6.07) is 0. The molecular weight excluding hydrogens is 600 g/mol. The van der Waals surface area contributed by atoms with Gasteiger partial charge in [0.15, 0.2) is 0 Å². The van der Waals surface area contributed by atoms with Crippen LogP contribution in [0, 0.1) is 6.92 Å². The summed E-state index contributed by atoms with van der Waals surface area (Å²) >= 11 is 6.08. The molecule has 0 spiro atoms. The maximum atomic E-state index is 9.00. The zero-order chi connectivity index (χ0) is 31.9. The summed E-state index contributed by atoms with van der Waals surface area (Å²) in [4.78, 5) is 50.2. The van der Waals surface area contributed by atoms with Crippen LogP contribution in [-0.4, -0.2) is 129 Å². The number of ether oxygens (including phenoxy) is 1.